The minimum Gasteiger partial charge on any atom is -0.356 e. The van der Waals surface area contributed by atoms with E-state index in [9.17, 15) is 4.79 Å². The van der Waals surface area contributed by atoms with Gasteiger partial charge < -0.3 is 9.47 Å². The molecule has 0 saturated heterocycles. The molecule has 3 nitrogen and oxygen atoms in total. The van der Waals surface area contributed by atoms with E-state index >= 15 is 0 Å². The Morgan fingerprint density at radius 3 is 2.64 bits per heavy atom. The van der Waals surface area contributed by atoms with Gasteiger partial charge in [0.25, 0.3) is 0 Å². The third kappa shape index (κ3) is 2.64. The lowest BCUT2D eigenvalue weighted by Crippen LogP contribution is -2.32. The molecule has 0 spiro atoms. The summed E-state index contributed by atoms with van der Waals surface area (Å²) in [7, 11) is 0. The van der Waals surface area contributed by atoms with Crippen LogP contribution in [-0.2, 0) is 14.3 Å². The standard InChI is InChI=1S/C19H24O3/c1-4-21-12-22-18-14-10-16(20)17(13-8-6-5-7-9-13)15(14)11-19(18,2)3/h5-9,14,18H,4,10-12H2,1-3H3/t14-,18-/m1/s1. The van der Waals surface area contributed by atoms with Gasteiger partial charge in [0.2, 0.25) is 0 Å². The lowest BCUT2D eigenvalue weighted by Gasteiger charge is -2.29. The van der Waals surface area contributed by atoms with E-state index in [1.165, 1.54) is 5.57 Å². The molecule has 0 radical (unpaired) electrons. The number of Topliss-reactive ketones (excluding diaryl/α,β-unsaturated/α-hetero) is 1. The highest BCUT2D eigenvalue weighted by atomic mass is 16.7. The summed E-state index contributed by atoms with van der Waals surface area (Å²) in [5.41, 5.74) is 3.30. The smallest absolute Gasteiger partial charge is 0.164 e. The number of hydrogen-bond acceptors (Lipinski definition) is 3. The van der Waals surface area contributed by atoms with Gasteiger partial charge in [-0.2, -0.15) is 0 Å². The molecule has 22 heavy (non-hydrogen) atoms. The van der Waals surface area contributed by atoms with E-state index in [4.69, 9.17) is 9.47 Å². The number of hydrogen-bond donors (Lipinski definition) is 0. The van der Waals surface area contributed by atoms with Crippen molar-refractivity contribution in [2.75, 3.05) is 13.4 Å². The van der Waals surface area contributed by atoms with E-state index < -0.39 is 0 Å². The Morgan fingerprint density at radius 1 is 1.23 bits per heavy atom. The Bertz CT molecular complexity index is 586. The third-order valence-electron chi connectivity index (χ3n) is 4.83. The molecule has 3 heteroatoms. The summed E-state index contributed by atoms with van der Waals surface area (Å²) >= 11 is 0. The second-order valence-corrected chi connectivity index (χ2v) is 6.86. The van der Waals surface area contributed by atoms with Gasteiger partial charge in [0.15, 0.2) is 5.78 Å². The highest BCUT2D eigenvalue weighted by Gasteiger charge is 2.51. The molecule has 2 aliphatic carbocycles. The zero-order valence-electron chi connectivity index (χ0n) is 13.6. The fraction of sp³-hybridized carbons (Fsp3) is 0.526. The van der Waals surface area contributed by atoms with Gasteiger partial charge in [0, 0.05) is 24.5 Å². The molecule has 1 aromatic carbocycles. The van der Waals surface area contributed by atoms with Gasteiger partial charge in [0.1, 0.15) is 6.79 Å². The van der Waals surface area contributed by atoms with Crippen molar-refractivity contribution < 1.29 is 14.3 Å². The summed E-state index contributed by atoms with van der Waals surface area (Å²) in [6.07, 6.45) is 1.55. The van der Waals surface area contributed by atoms with Gasteiger partial charge in [-0.1, -0.05) is 49.8 Å². The first-order valence-electron chi connectivity index (χ1n) is 8.05. The zero-order chi connectivity index (χ0) is 15.7. The lowest BCUT2D eigenvalue weighted by molar-refractivity contribution is -0.129. The molecule has 0 amide bonds. The summed E-state index contributed by atoms with van der Waals surface area (Å²) in [5, 5.41) is 0. The van der Waals surface area contributed by atoms with Crippen molar-refractivity contribution in [3.8, 4) is 0 Å². The Labute approximate surface area is 132 Å². The van der Waals surface area contributed by atoms with Gasteiger partial charge in [-0.05, 0) is 24.3 Å². The molecule has 1 aromatic rings. The molecule has 0 bridgehead atoms. The highest BCUT2D eigenvalue weighted by molar-refractivity contribution is 6.24. The van der Waals surface area contributed by atoms with Crippen LogP contribution in [0, 0.1) is 11.3 Å². The molecule has 118 valence electrons. The molecule has 0 aromatic heterocycles. The number of benzene rings is 1. The molecule has 0 heterocycles. The Morgan fingerprint density at radius 2 is 1.95 bits per heavy atom. The maximum Gasteiger partial charge on any atom is 0.164 e. The van der Waals surface area contributed by atoms with Gasteiger partial charge in [-0.15, -0.1) is 0 Å². The van der Waals surface area contributed by atoms with Crippen LogP contribution < -0.4 is 0 Å². The van der Waals surface area contributed by atoms with Crippen LogP contribution in [0.4, 0.5) is 0 Å². The van der Waals surface area contributed by atoms with E-state index in [2.05, 4.69) is 13.8 Å². The fourth-order valence-corrected chi connectivity index (χ4v) is 3.93. The average Bonchev–Trinajstić information content (AvgIpc) is 2.91. The molecule has 0 N–H and O–H groups in total. The van der Waals surface area contributed by atoms with E-state index in [0.717, 1.165) is 17.6 Å². The quantitative estimate of drug-likeness (QED) is 0.612. The maximum atomic E-state index is 12.5. The Hall–Kier alpha value is -1.45. The third-order valence-corrected chi connectivity index (χ3v) is 4.83. The van der Waals surface area contributed by atoms with Gasteiger partial charge >= 0.3 is 0 Å². The number of ketones is 1. The molecule has 0 aliphatic heterocycles. The van der Waals surface area contributed by atoms with Crippen LogP contribution >= 0.6 is 0 Å². The predicted molar refractivity (Wildman–Crippen MR) is 86.2 cm³/mol. The lowest BCUT2D eigenvalue weighted by atomic mass is 9.85. The summed E-state index contributed by atoms with van der Waals surface area (Å²) < 4.78 is 11.3. The first kappa shape index (κ1) is 15.4. The first-order chi connectivity index (χ1) is 10.5. The van der Waals surface area contributed by atoms with Crippen LogP contribution in [0.25, 0.3) is 5.57 Å². The molecular formula is C19H24O3. The van der Waals surface area contributed by atoms with Crippen LogP contribution in [0.2, 0.25) is 0 Å². The monoisotopic (exact) mass is 300 g/mol. The van der Waals surface area contributed by atoms with Crippen molar-refractivity contribution >= 4 is 11.4 Å². The second kappa shape index (κ2) is 5.98. The Kier molecular flexibility index (Phi) is 4.20. The number of fused-ring (bicyclic) bond motifs is 1. The molecule has 2 atom stereocenters. The predicted octanol–water partition coefficient (Wildman–Crippen LogP) is 3.84. The van der Waals surface area contributed by atoms with Crippen molar-refractivity contribution in [1.82, 2.24) is 0 Å². The molecule has 1 saturated carbocycles. The number of ether oxygens (including phenoxy) is 2. The second-order valence-electron chi connectivity index (χ2n) is 6.86. The number of carbonyl (C=O) groups is 1. The van der Waals surface area contributed by atoms with Crippen LogP contribution in [0.1, 0.15) is 39.2 Å². The highest BCUT2D eigenvalue weighted by Crippen LogP contribution is 2.54. The normalized spacial score (nSPS) is 26.6. The molecule has 1 fully saturated rings. The number of carbonyl (C=O) groups excluding carboxylic acids is 1. The van der Waals surface area contributed by atoms with Crippen LogP contribution in [0.5, 0.6) is 0 Å². The van der Waals surface area contributed by atoms with Gasteiger partial charge in [-0.25, -0.2) is 0 Å². The number of allylic oxidation sites excluding steroid dienone is 1. The van der Waals surface area contributed by atoms with Crippen molar-refractivity contribution in [3.63, 3.8) is 0 Å². The van der Waals surface area contributed by atoms with Crippen molar-refractivity contribution in [2.45, 2.75) is 39.7 Å². The topological polar surface area (TPSA) is 35.5 Å². The van der Waals surface area contributed by atoms with Crippen LogP contribution in [0.3, 0.4) is 0 Å². The van der Waals surface area contributed by atoms with E-state index in [-0.39, 0.29) is 23.2 Å². The molecule has 3 rings (SSSR count). The summed E-state index contributed by atoms with van der Waals surface area (Å²) in [5.74, 6) is 0.463. The van der Waals surface area contributed by atoms with Crippen molar-refractivity contribution in [2.24, 2.45) is 11.3 Å². The molecule has 0 unspecified atom stereocenters. The average molecular weight is 300 g/mol. The molecule has 2 aliphatic rings. The Balaban J connectivity index is 1.92. The van der Waals surface area contributed by atoms with Crippen molar-refractivity contribution in [3.05, 3.63) is 41.5 Å². The summed E-state index contributed by atoms with van der Waals surface area (Å²) in [4.78, 5) is 12.5. The van der Waals surface area contributed by atoms with Crippen LogP contribution in [0.15, 0.2) is 35.9 Å². The van der Waals surface area contributed by atoms with Crippen LogP contribution in [-0.4, -0.2) is 25.3 Å². The fourth-order valence-electron chi connectivity index (χ4n) is 3.93. The molecular weight excluding hydrogens is 276 g/mol. The van der Waals surface area contributed by atoms with Gasteiger partial charge in [-0.3, -0.25) is 4.79 Å². The SMILES string of the molecule is CCOCO[C@@H]1[C@@H]2CC(=O)C(c3ccccc3)=C2CC1(C)C. The zero-order valence-corrected chi connectivity index (χ0v) is 13.6. The summed E-state index contributed by atoms with van der Waals surface area (Å²) in [6.45, 7) is 7.36. The first-order valence-corrected chi connectivity index (χ1v) is 8.05. The van der Waals surface area contributed by atoms with E-state index in [1.807, 2.05) is 37.3 Å². The van der Waals surface area contributed by atoms with E-state index in [1.54, 1.807) is 0 Å². The summed E-state index contributed by atoms with van der Waals surface area (Å²) in [6, 6.07) is 10.0. The number of rotatable bonds is 5. The maximum absolute atomic E-state index is 12.5. The minimum absolute atomic E-state index is 0.0395. The van der Waals surface area contributed by atoms with Crippen molar-refractivity contribution in [1.29, 1.82) is 0 Å². The van der Waals surface area contributed by atoms with Gasteiger partial charge in [0.05, 0.1) is 6.10 Å². The largest absolute Gasteiger partial charge is 0.356 e. The minimum atomic E-state index is 0.0395. The van der Waals surface area contributed by atoms with E-state index in [0.29, 0.717) is 19.8 Å².